The number of sulfonamides is 1. The summed E-state index contributed by atoms with van der Waals surface area (Å²) in [5, 5.41) is 5.48. The van der Waals surface area contributed by atoms with Crippen LogP contribution in [0.5, 0.6) is 0 Å². The number of amidine groups is 1. The number of benzene rings is 2. The fourth-order valence-electron chi connectivity index (χ4n) is 2.97. The fraction of sp³-hybridized carbons (Fsp3) is 0.250. The summed E-state index contributed by atoms with van der Waals surface area (Å²) in [5.74, 6) is -0.331. The van der Waals surface area contributed by atoms with Gasteiger partial charge in [-0.3, -0.25) is 9.59 Å². The standard InChI is InChI=1S/C20H21BrN4O4S/c1-13-7-8-14(21)11-16(13)23-18(26)9-10-22-19(27)12-25(2)20-15-5-3-4-6-17(15)30(28,29)24-20/h3-8,11H,9-10,12H2,1-2H3,(H,22,27)(H,23,26). The van der Waals surface area contributed by atoms with Crippen molar-refractivity contribution in [2.45, 2.75) is 18.2 Å². The van der Waals surface area contributed by atoms with Crippen LogP contribution in [-0.2, 0) is 19.6 Å². The highest BCUT2D eigenvalue weighted by Crippen LogP contribution is 2.26. The van der Waals surface area contributed by atoms with E-state index in [2.05, 4.69) is 31.0 Å². The van der Waals surface area contributed by atoms with Gasteiger partial charge in [-0.15, -0.1) is 4.40 Å². The first-order chi connectivity index (χ1) is 14.2. The number of nitrogens with zero attached hydrogens (tertiary/aromatic N) is 2. The average Bonchev–Trinajstić information content (AvgIpc) is 2.96. The van der Waals surface area contributed by atoms with E-state index in [1.165, 1.54) is 11.0 Å². The Labute approximate surface area is 183 Å². The van der Waals surface area contributed by atoms with Crippen molar-refractivity contribution in [1.82, 2.24) is 10.2 Å². The van der Waals surface area contributed by atoms with Crippen LogP contribution in [0.4, 0.5) is 5.69 Å². The summed E-state index contributed by atoms with van der Waals surface area (Å²) in [4.78, 5) is 26.0. The predicted molar refractivity (Wildman–Crippen MR) is 118 cm³/mol. The van der Waals surface area contributed by atoms with Crippen LogP contribution in [0, 0.1) is 6.92 Å². The summed E-state index contributed by atoms with van der Waals surface area (Å²) in [6.07, 6.45) is 0.111. The van der Waals surface area contributed by atoms with Crippen LogP contribution in [0.3, 0.4) is 0 Å². The van der Waals surface area contributed by atoms with Gasteiger partial charge in [0.25, 0.3) is 10.0 Å². The smallest absolute Gasteiger partial charge is 0.285 e. The summed E-state index contributed by atoms with van der Waals surface area (Å²) in [7, 11) is -2.15. The number of amides is 2. The predicted octanol–water partition coefficient (Wildman–Crippen LogP) is 2.28. The molecule has 0 radical (unpaired) electrons. The Bertz CT molecular complexity index is 1130. The second-order valence-corrected chi connectivity index (χ2v) is 9.34. The second kappa shape index (κ2) is 8.97. The van der Waals surface area contributed by atoms with Gasteiger partial charge < -0.3 is 15.5 Å². The van der Waals surface area contributed by atoms with E-state index >= 15 is 0 Å². The Morgan fingerprint density at radius 1 is 1.13 bits per heavy atom. The van der Waals surface area contributed by atoms with E-state index in [-0.39, 0.29) is 42.1 Å². The van der Waals surface area contributed by atoms with Gasteiger partial charge in [0.05, 0.1) is 6.54 Å². The van der Waals surface area contributed by atoms with Crippen LogP contribution in [0.1, 0.15) is 17.5 Å². The number of carbonyl (C=O) groups excluding carboxylic acids is 2. The second-order valence-electron chi connectivity index (χ2n) is 6.85. The molecule has 10 heteroatoms. The zero-order valence-corrected chi connectivity index (χ0v) is 18.9. The van der Waals surface area contributed by atoms with Crippen LogP contribution in [-0.4, -0.2) is 51.1 Å². The van der Waals surface area contributed by atoms with Gasteiger partial charge in [-0.2, -0.15) is 8.42 Å². The summed E-state index contributed by atoms with van der Waals surface area (Å²) in [6, 6.07) is 12.1. The van der Waals surface area contributed by atoms with Crippen LogP contribution in [0.15, 0.2) is 56.2 Å². The minimum atomic E-state index is -3.74. The molecule has 0 fully saturated rings. The molecule has 2 aromatic carbocycles. The fourth-order valence-corrected chi connectivity index (χ4v) is 4.58. The number of hydrogen-bond donors (Lipinski definition) is 2. The molecule has 0 saturated heterocycles. The topological polar surface area (TPSA) is 108 Å². The number of aryl methyl sites for hydroxylation is 1. The van der Waals surface area contributed by atoms with Crippen molar-refractivity contribution < 1.29 is 18.0 Å². The van der Waals surface area contributed by atoms with Crippen molar-refractivity contribution in [3.8, 4) is 0 Å². The maximum Gasteiger partial charge on any atom is 0.285 e. The molecule has 2 aromatic rings. The molecule has 8 nitrogen and oxygen atoms in total. The van der Waals surface area contributed by atoms with Crippen molar-refractivity contribution in [3.63, 3.8) is 0 Å². The monoisotopic (exact) mass is 492 g/mol. The number of fused-ring (bicyclic) bond motifs is 1. The number of hydrogen-bond acceptors (Lipinski definition) is 5. The van der Waals surface area contributed by atoms with Crippen molar-refractivity contribution in [2.75, 3.05) is 25.5 Å². The van der Waals surface area contributed by atoms with Crippen molar-refractivity contribution in [2.24, 2.45) is 4.40 Å². The molecule has 0 atom stereocenters. The molecule has 0 bridgehead atoms. The lowest BCUT2D eigenvalue weighted by Crippen LogP contribution is -2.39. The first-order valence-electron chi connectivity index (χ1n) is 9.15. The summed E-state index contributed by atoms with van der Waals surface area (Å²) in [6.45, 7) is 1.96. The SMILES string of the molecule is Cc1ccc(Br)cc1NC(=O)CCNC(=O)CN(C)C1=NS(=O)(=O)c2ccccc21. The first-order valence-corrected chi connectivity index (χ1v) is 11.4. The molecule has 158 valence electrons. The lowest BCUT2D eigenvalue weighted by atomic mass is 10.2. The van der Waals surface area contributed by atoms with Crippen molar-refractivity contribution in [3.05, 3.63) is 58.1 Å². The van der Waals surface area contributed by atoms with Crippen LogP contribution >= 0.6 is 15.9 Å². The number of anilines is 1. The van der Waals surface area contributed by atoms with Gasteiger partial charge >= 0.3 is 0 Å². The molecular formula is C20H21BrN4O4S. The number of carbonyl (C=O) groups is 2. The molecule has 2 N–H and O–H groups in total. The van der Waals surface area contributed by atoms with E-state index in [1.54, 1.807) is 25.2 Å². The Morgan fingerprint density at radius 3 is 2.63 bits per heavy atom. The van der Waals surface area contributed by atoms with E-state index in [1.807, 2.05) is 25.1 Å². The van der Waals surface area contributed by atoms with Gasteiger partial charge in [0, 0.05) is 35.7 Å². The lowest BCUT2D eigenvalue weighted by molar-refractivity contribution is -0.121. The molecule has 0 aliphatic carbocycles. The Hall–Kier alpha value is -2.72. The van der Waals surface area contributed by atoms with Gasteiger partial charge in [0.2, 0.25) is 11.8 Å². The molecule has 2 amide bonds. The maximum atomic E-state index is 12.2. The summed E-state index contributed by atoms with van der Waals surface area (Å²) in [5.41, 5.74) is 2.11. The van der Waals surface area contributed by atoms with E-state index < -0.39 is 10.0 Å². The largest absolute Gasteiger partial charge is 0.354 e. The zero-order valence-electron chi connectivity index (χ0n) is 16.5. The number of likely N-dealkylation sites (N-methyl/N-ethyl adjacent to an activating group) is 1. The highest BCUT2D eigenvalue weighted by molar-refractivity contribution is 9.10. The van der Waals surface area contributed by atoms with Gasteiger partial charge in [0.15, 0.2) is 5.84 Å². The first kappa shape index (κ1) is 22.0. The highest BCUT2D eigenvalue weighted by Gasteiger charge is 2.30. The van der Waals surface area contributed by atoms with Gasteiger partial charge in [-0.25, -0.2) is 0 Å². The minimum Gasteiger partial charge on any atom is -0.354 e. The molecule has 0 saturated carbocycles. The third-order valence-electron chi connectivity index (χ3n) is 4.50. The Kier molecular flexibility index (Phi) is 6.57. The third-order valence-corrected chi connectivity index (χ3v) is 6.32. The quantitative estimate of drug-likeness (QED) is 0.642. The minimum absolute atomic E-state index is 0.0882. The molecule has 3 rings (SSSR count). The average molecular weight is 493 g/mol. The third kappa shape index (κ3) is 5.06. The van der Waals surface area contributed by atoms with E-state index in [9.17, 15) is 18.0 Å². The molecule has 1 aliphatic rings. The molecular weight excluding hydrogens is 472 g/mol. The van der Waals surface area contributed by atoms with Crippen molar-refractivity contribution in [1.29, 1.82) is 0 Å². The van der Waals surface area contributed by atoms with Crippen LogP contribution < -0.4 is 10.6 Å². The van der Waals surface area contributed by atoms with Crippen LogP contribution in [0.2, 0.25) is 0 Å². The van der Waals surface area contributed by atoms with Crippen molar-refractivity contribution >= 4 is 49.3 Å². The van der Waals surface area contributed by atoms with E-state index in [0.717, 1.165) is 10.0 Å². The number of rotatable bonds is 6. The zero-order chi connectivity index (χ0) is 21.9. The molecule has 30 heavy (non-hydrogen) atoms. The lowest BCUT2D eigenvalue weighted by Gasteiger charge is -2.18. The molecule has 0 spiro atoms. The van der Waals surface area contributed by atoms with E-state index in [4.69, 9.17) is 0 Å². The van der Waals surface area contributed by atoms with Crippen LogP contribution in [0.25, 0.3) is 0 Å². The molecule has 0 aromatic heterocycles. The van der Waals surface area contributed by atoms with Gasteiger partial charge in [-0.1, -0.05) is 34.1 Å². The molecule has 1 heterocycles. The normalized spacial score (nSPS) is 13.9. The molecule has 1 aliphatic heterocycles. The number of nitrogens with one attached hydrogen (secondary N) is 2. The maximum absolute atomic E-state index is 12.2. The number of halogens is 1. The molecule has 0 unspecified atom stereocenters. The summed E-state index contributed by atoms with van der Waals surface area (Å²) >= 11 is 3.37. The van der Waals surface area contributed by atoms with Gasteiger partial charge in [-0.05, 0) is 36.8 Å². The Balaban J connectivity index is 1.50. The highest BCUT2D eigenvalue weighted by atomic mass is 79.9. The summed E-state index contributed by atoms with van der Waals surface area (Å²) < 4.78 is 28.9. The van der Waals surface area contributed by atoms with E-state index in [0.29, 0.717) is 11.3 Å². The Morgan fingerprint density at radius 2 is 1.87 bits per heavy atom. The van der Waals surface area contributed by atoms with Gasteiger partial charge in [0.1, 0.15) is 4.90 Å².